The van der Waals surface area contributed by atoms with Gasteiger partial charge in [-0.1, -0.05) is 26.0 Å². The van der Waals surface area contributed by atoms with Crippen LogP contribution in [0, 0.1) is 19.3 Å². The molecule has 1 atom stereocenters. The molecule has 1 saturated heterocycles. The molecule has 0 bridgehead atoms. The maximum atomic E-state index is 12.8. The van der Waals surface area contributed by atoms with Gasteiger partial charge in [-0.3, -0.25) is 4.79 Å². The third kappa shape index (κ3) is 7.29. The molecular weight excluding hydrogens is 452 g/mol. The van der Waals surface area contributed by atoms with Crippen LogP contribution in [0.5, 0.6) is 5.75 Å². The molecule has 0 aliphatic carbocycles. The van der Waals surface area contributed by atoms with Crippen LogP contribution in [0.2, 0.25) is 0 Å². The number of sulfonamides is 1. The first kappa shape index (κ1) is 26.2. The molecule has 3 rings (SSSR count). The van der Waals surface area contributed by atoms with Crippen molar-refractivity contribution in [3.63, 3.8) is 0 Å². The van der Waals surface area contributed by atoms with Crippen molar-refractivity contribution in [3.8, 4) is 5.75 Å². The Labute approximate surface area is 203 Å². The number of nitrogens with one attached hydrogen (secondary N) is 2. The van der Waals surface area contributed by atoms with Gasteiger partial charge >= 0.3 is 0 Å². The van der Waals surface area contributed by atoms with E-state index in [9.17, 15) is 13.2 Å². The molecule has 1 aliphatic rings. The fourth-order valence-corrected chi connectivity index (χ4v) is 4.85. The Morgan fingerprint density at radius 1 is 1.15 bits per heavy atom. The third-order valence-electron chi connectivity index (χ3n) is 6.11. The number of carbonyl (C=O) groups is 1. The van der Waals surface area contributed by atoms with Crippen molar-refractivity contribution in [2.75, 3.05) is 25.1 Å². The van der Waals surface area contributed by atoms with Crippen LogP contribution in [-0.4, -0.2) is 40.2 Å². The first-order valence-corrected chi connectivity index (χ1v) is 13.3. The van der Waals surface area contributed by atoms with Gasteiger partial charge in [-0.15, -0.1) is 0 Å². The zero-order valence-electron chi connectivity index (χ0n) is 20.5. The number of rotatable bonds is 11. The number of hydrogen-bond acceptors (Lipinski definition) is 5. The highest BCUT2D eigenvalue weighted by molar-refractivity contribution is 7.89. The number of carbonyl (C=O) groups excluding carboxylic acids is 1. The Hall–Kier alpha value is -2.42. The second-order valence-electron chi connectivity index (χ2n) is 9.57. The lowest BCUT2D eigenvalue weighted by Crippen LogP contribution is -2.32. The highest BCUT2D eigenvalue weighted by atomic mass is 32.2. The van der Waals surface area contributed by atoms with Crippen molar-refractivity contribution in [3.05, 3.63) is 53.6 Å². The number of anilines is 1. The largest absolute Gasteiger partial charge is 0.493 e. The summed E-state index contributed by atoms with van der Waals surface area (Å²) < 4.78 is 39.0. The molecule has 34 heavy (non-hydrogen) atoms. The highest BCUT2D eigenvalue weighted by Gasteiger charge is 2.27. The average molecular weight is 489 g/mol. The summed E-state index contributed by atoms with van der Waals surface area (Å²) >= 11 is 0. The summed E-state index contributed by atoms with van der Waals surface area (Å²) in [6.45, 7) is 9.32. The predicted molar refractivity (Wildman–Crippen MR) is 134 cm³/mol. The number of amides is 1. The molecule has 186 valence electrons. The van der Waals surface area contributed by atoms with E-state index >= 15 is 0 Å². The lowest BCUT2D eigenvalue weighted by Gasteiger charge is -2.24. The van der Waals surface area contributed by atoms with Gasteiger partial charge in [0, 0.05) is 24.3 Å². The number of hydrogen-bond donors (Lipinski definition) is 2. The Bertz CT molecular complexity index is 1070. The molecule has 0 aromatic heterocycles. The minimum absolute atomic E-state index is 0.0678. The van der Waals surface area contributed by atoms with Crippen molar-refractivity contribution in [2.45, 2.75) is 64.4 Å². The van der Waals surface area contributed by atoms with Gasteiger partial charge in [0.25, 0.3) is 0 Å². The summed E-state index contributed by atoms with van der Waals surface area (Å²) in [4.78, 5) is 13.0. The SMILES string of the molecule is Cc1ccc(C)c(OCCCC(C)(C)C(=O)Nc2ccc(S(=O)(=O)NCC3CCCO3)cc2)c1. The summed E-state index contributed by atoms with van der Waals surface area (Å²) in [6, 6.07) is 12.3. The minimum atomic E-state index is -3.62. The Balaban J connectivity index is 1.48. The van der Waals surface area contributed by atoms with Crippen LogP contribution in [0.25, 0.3) is 0 Å². The predicted octanol–water partition coefficient (Wildman–Crippen LogP) is 4.58. The molecule has 8 heteroatoms. The van der Waals surface area contributed by atoms with Crippen LogP contribution in [0.15, 0.2) is 47.4 Å². The topological polar surface area (TPSA) is 93.7 Å². The first-order valence-electron chi connectivity index (χ1n) is 11.8. The molecule has 2 aromatic rings. The van der Waals surface area contributed by atoms with E-state index in [1.807, 2.05) is 39.8 Å². The Kier molecular flexibility index (Phi) is 8.73. The molecule has 2 aromatic carbocycles. The van der Waals surface area contributed by atoms with Crippen LogP contribution in [0.4, 0.5) is 5.69 Å². The van der Waals surface area contributed by atoms with Crippen molar-refractivity contribution in [2.24, 2.45) is 5.41 Å². The van der Waals surface area contributed by atoms with Gasteiger partial charge in [-0.2, -0.15) is 0 Å². The molecule has 2 N–H and O–H groups in total. The summed E-state index contributed by atoms with van der Waals surface area (Å²) in [5.41, 5.74) is 2.20. The fourth-order valence-electron chi connectivity index (χ4n) is 3.78. The molecule has 1 aliphatic heterocycles. The van der Waals surface area contributed by atoms with Crippen LogP contribution >= 0.6 is 0 Å². The van der Waals surface area contributed by atoms with Crippen LogP contribution < -0.4 is 14.8 Å². The van der Waals surface area contributed by atoms with E-state index in [2.05, 4.69) is 16.1 Å². The second-order valence-corrected chi connectivity index (χ2v) is 11.3. The molecule has 1 fully saturated rings. The minimum Gasteiger partial charge on any atom is -0.493 e. The number of ether oxygens (including phenoxy) is 2. The smallest absolute Gasteiger partial charge is 0.240 e. The van der Waals surface area contributed by atoms with Gasteiger partial charge in [0.2, 0.25) is 15.9 Å². The van der Waals surface area contributed by atoms with Gasteiger partial charge in [0.15, 0.2) is 0 Å². The van der Waals surface area contributed by atoms with E-state index in [0.717, 1.165) is 36.1 Å². The molecule has 1 unspecified atom stereocenters. The monoisotopic (exact) mass is 488 g/mol. The summed E-state index contributed by atoms with van der Waals surface area (Å²) in [6.07, 6.45) is 3.14. The quantitative estimate of drug-likeness (QED) is 0.452. The maximum Gasteiger partial charge on any atom is 0.240 e. The molecule has 0 spiro atoms. The Morgan fingerprint density at radius 3 is 2.56 bits per heavy atom. The van der Waals surface area contributed by atoms with Crippen molar-refractivity contribution < 1.29 is 22.7 Å². The van der Waals surface area contributed by atoms with E-state index in [1.165, 1.54) is 12.1 Å². The molecule has 1 amide bonds. The first-order chi connectivity index (χ1) is 16.1. The molecule has 0 radical (unpaired) electrons. The molecule has 1 heterocycles. The Morgan fingerprint density at radius 2 is 1.88 bits per heavy atom. The lowest BCUT2D eigenvalue weighted by atomic mass is 9.87. The van der Waals surface area contributed by atoms with Crippen LogP contribution in [0.3, 0.4) is 0 Å². The van der Waals surface area contributed by atoms with Gasteiger partial charge in [0.05, 0.1) is 17.6 Å². The third-order valence-corrected chi connectivity index (χ3v) is 7.55. The summed E-state index contributed by atoms with van der Waals surface area (Å²) in [5, 5.41) is 2.90. The lowest BCUT2D eigenvalue weighted by molar-refractivity contribution is -0.124. The van der Waals surface area contributed by atoms with Crippen molar-refractivity contribution in [1.29, 1.82) is 0 Å². The van der Waals surface area contributed by atoms with Gasteiger partial charge < -0.3 is 14.8 Å². The van der Waals surface area contributed by atoms with E-state index in [4.69, 9.17) is 9.47 Å². The fraction of sp³-hybridized carbons (Fsp3) is 0.500. The van der Waals surface area contributed by atoms with E-state index in [1.54, 1.807) is 12.1 Å². The molecule has 7 nitrogen and oxygen atoms in total. The van der Waals surface area contributed by atoms with Crippen LogP contribution in [-0.2, 0) is 19.6 Å². The highest BCUT2D eigenvalue weighted by Crippen LogP contribution is 2.26. The van der Waals surface area contributed by atoms with E-state index in [-0.39, 0.29) is 23.5 Å². The normalized spacial score (nSPS) is 16.4. The molecular formula is C26H36N2O5S. The van der Waals surface area contributed by atoms with Crippen LogP contribution in [0.1, 0.15) is 50.7 Å². The maximum absolute atomic E-state index is 12.8. The van der Waals surface area contributed by atoms with Crippen molar-refractivity contribution in [1.82, 2.24) is 4.72 Å². The summed E-state index contributed by atoms with van der Waals surface area (Å²) in [7, 11) is -3.62. The standard InChI is InChI=1S/C26H36N2O5S/c1-19-8-9-20(2)24(17-19)33-16-6-14-26(3,4)25(29)28-21-10-12-23(13-11-21)34(30,31)27-18-22-7-5-15-32-22/h8-13,17,22,27H,5-7,14-16,18H2,1-4H3,(H,28,29). The van der Waals surface area contributed by atoms with Crippen molar-refractivity contribution >= 4 is 21.6 Å². The zero-order chi connectivity index (χ0) is 24.8. The van der Waals surface area contributed by atoms with E-state index < -0.39 is 15.4 Å². The second kappa shape index (κ2) is 11.3. The van der Waals surface area contributed by atoms with Gasteiger partial charge in [0.1, 0.15) is 5.75 Å². The average Bonchev–Trinajstić information content (AvgIpc) is 3.32. The van der Waals surface area contributed by atoms with Gasteiger partial charge in [-0.05, 0) is 81.0 Å². The number of benzene rings is 2. The molecule has 0 saturated carbocycles. The zero-order valence-corrected chi connectivity index (χ0v) is 21.3. The van der Waals surface area contributed by atoms with E-state index in [0.29, 0.717) is 25.3 Å². The number of aryl methyl sites for hydroxylation is 2. The van der Waals surface area contributed by atoms with Gasteiger partial charge in [-0.25, -0.2) is 13.1 Å². The summed E-state index contributed by atoms with van der Waals surface area (Å²) in [5.74, 6) is 0.758.